The lowest BCUT2D eigenvalue weighted by molar-refractivity contribution is -0.121. The zero-order chi connectivity index (χ0) is 12.1. The topological polar surface area (TPSA) is 54.0 Å². The normalized spacial score (nSPS) is 14.4. The summed E-state index contributed by atoms with van der Waals surface area (Å²) in [5, 5.41) is 6.16. The summed E-state index contributed by atoms with van der Waals surface area (Å²) in [4.78, 5) is 15.7. The van der Waals surface area contributed by atoms with Gasteiger partial charge in [0.25, 0.3) is 0 Å². The number of nitrogens with one attached hydrogen (secondary N) is 2. The number of hydrogen-bond donors (Lipinski definition) is 2. The standard InChI is InChI=1S/C12H16BrN3O/c13-10-3-1-4-11(16-10)14-8-2-5-12(17)15-9-6-7-9/h1,3-4,9H,2,5-8H2,(H,14,16)(H,15,17). The van der Waals surface area contributed by atoms with E-state index in [0.717, 1.165) is 36.2 Å². The van der Waals surface area contributed by atoms with E-state index >= 15 is 0 Å². The van der Waals surface area contributed by atoms with Gasteiger partial charge >= 0.3 is 0 Å². The maximum atomic E-state index is 11.4. The van der Waals surface area contributed by atoms with Crippen LogP contribution >= 0.6 is 15.9 Å². The fourth-order valence-electron chi connectivity index (χ4n) is 1.50. The molecule has 0 radical (unpaired) electrons. The fourth-order valence-corrected chi connectivity index (χ4v) is 1.84. The monoisotopic (exact) mass is 297 g/mol. The first-order chi connectivity index (χ1) is 8.24. The molecule has 1 saturated carbocycles. The number of hydrogen-bond acceptors (Lipinski definition) is 3. The number of amides is 1. The number of rotatable bonds is 6. The Morgan fingerprint density at radius 3 is 3.00 bits per heavy atom. The van der Waals surface area contributed by atoms with Crippen LogP contribution in [0.5, 0.6) is 0 Å². The lowest BCUT2D eigenvalue weighted by atomic mass is 10.3. The molecule has 0 unspecified atom stereocenters. The van der Waals surface area contributed by atoms with Crippen molar-refractivity contribution in [2.75, 3.05) is 11.9 Å². The number of aromatic nitrogens is 1. The number of carbonyl (C=O) groups excluding carboxylic acids is 1. The smallest absolute Gasteiger partial charge is 0.220 e. The minimum absolute atomic E-state index is 0.163. The molecule has 0 aliphatic heterocycles. The molecule has 2 N–H and O–H groups in total. The van der Waals surface area contributed by atoms with E-state index in [1.54, 1.807) is 0 Å². The van der Waals surface area contributed by atoms with Crippen LogP contribution in [0.2, 0.25) is 0 Å². The second kappa shape index (κ2) is 6.00. The van der Waals surface area contributed by atoms with Gasteiger partial charge < -0.3 is 10.6 Å². The summed E-state index contributed by atoms with van der Waals surface area (Å²) in [5.74, 6) is 0.999. The van der Waals surface area contributed by atoms with Gasteiger partial charge in [0.1, 0.15) is 10.4 Å². The minimum Gasteiger partial charge on any atom is -0.370 e. The Morgan fingerprint density at radius 1 is 1.47 bits per heavy atom. The molecule has 5 heteroatoms. The molecule has 4 nitrogen and oxygen atoms in total. The first kappa shape index (κ1) is 12.4. The Bertz CT molecular complexity index is 393. The van der Waals surface area contributed by atoms with Crippen LogP contribution in [0.4, 0.5) is 5.82 Å². The van der Waals surface area contributed by atoms with E-state index in [1.807, 2.05) is 18.2 Å². The summed E-state index contributed by atoms with van der Waals surface area (Å²) in [7, 11) is 0. The van der Waals surface area contributed by atoms with E-state index in [-0.39, 0.29) is 5.91 Å². The van der Waals surface area contributed by atoms with Crippen LogP contribution in [0, 0.1) is 0 Å². The van der Waals surface area contributed by atoms with Crippen LogP contribution < -0.4 is 10.6 Å². The van der Waals surface area contributed by atoms with Crippen LogP contribution in [0.15, 0.2) is 22.8 Å². The third-order valence-corrected chi connectivity index (χ3v) is 2.99. The van der Waals surface area contributed by atoms with Crippen molar-refractivity contribution < 1.29 is 4.79 Å². The van der Waals surface area contributed by atoms with Gasteiger partial charge in [-0.1, -0.05) is 6.07 Å². The van der Waals surface area contributed by atoms with Crippen molar-refractivity contribution in [3.63, 3.8) is 0 Å². The van der Waals surface area contributed by atoms with Crippen molar-refractivity contribution in [3.05, 3.63) is 22.8 Å². The summed E-state index contributed by atoms with van der Waals surface area (Å²) < 4.78 is 0.814. The van der Waals surface area contributed by atoms with Gasteiger partial charge in [-0.05, 0) is 47.3 Å². The lowest BCUT2D eigenvalue weighted by Gasteiger charge is -2.06. The van der Waals surface area contributed by atoms with Gasteiger partial charge in [0.2, 0.25) is 5.91 Å². The second-order valence-electron chi connectivity index (χ2n) is 4.22. The maximum absolute atomic E-state index is 11.4. The molecule has 0 spiro atoms. The molecule has 1 amide bonds. The summed E-state index contributed by atoms with van der Waals surface area (Å²) in [6.07, 6.45) is 3.70. The molecule has 1 fully saturated rings. The Morgan fingerprint density at radius 2 is 2.29 bits per heavy atom. The minimum atomic E-state index is 0.163. The number of pyridine rings is 1. The Balaban J connectivity index is 1.60. The Labute approximate surface area is 109 Å². The molecule has 2 rings (SSSR count). The van der Waals surface area contributed by atoms with Gasteiger partial charge in [-0.3, -0.25) is 4.79 Å². The van der Waals surface area contributed by atoms with Crippen molar-refractivity contribution in [1.82, 2.24) is 10.3 Å². The van der Waals surface area contributed by atoms with Gasteiger partial charge in [0.15, 0.2) is 0 Å². The highest BCUT2D eigenvalue weighted by Crippen LogP contribution is 2.18. The van der Waals surface area contributed by atoms with E-state index in [1.165, 1.54) is 0 Å². The summed E-state index contributed by atoms with van der Waals surface area (Å²) in [6, 6.07) is 6.19. The van der Waals surface area contributed by atoms with Gasteiger partial charge in [0, 0.05) is 19.0 Å². The van der Waals surface area contributed by atoms with Crippen LogP contribution in [0.1, 0.15) is 25.7 Å². The van der Waals surface area contributed by atoms with E-state index in [0.29, 0.717) is 12.5 Å². The van der Waals surface area contributed by atoms with Crippen molar-refractivity contribution in [1.29, 1.82) is 0 Å². The Hall–Kier alpha value is -1.10. The SMILES string of the molecule is O=C(CCCNc1cccc(Br)n1)NC1CC1. The molecule has 0 bridgehead atoms. The number of carbonyl (C=O) groups is 1. The average molecular weight is 298 g/mol. The van der Waals surface area contributed by atoms with Gasteiger partial charge in [0.05, 0.1) is 0 Å². The molecule has 0 saturated heterocycles. The van der Waals surface area contributed by atoms with Crippen molar-refractivity contribution in [2.24, 2.45) is 0 Å². The zero-order valence-electron chi connectivity index (χ0n) is 9.58. The van der Waals surface area contributed by atoms with Crippen LogP contribution in [0.3, 0.4) is 0 Å². The highest BCUT2D eigenvalue weighted by atomic mass is 79.9. The largest absolute Gasteiger partial charge is 0.370 e. The molecule has 17 heavy (non-hydrogen) atoms. The molecular weight excluding hydrogens is 282 g/mol. The molecule has 0 aromatic carbocycles. The second-order valence-corrected chi connectivity index (χ2v) is 5.03. The van der Waals surface area contributed by atoms with Gasteiger partial charge in [-0.25, -0.2) is 4.98 Å². The van der Waals surface area contributed by atoms with Crippen LogP contribution in [-0.4, -0.2) is 23.5 Å². The van der Waals surface area contributed by atoms with Crippen LogP contribution in [-0.2, 0) is 4.79 Å². The van der Waals surface area contributed by atoms with E-state index in [9.17, 15) is 4.79 Å². The molecular formula is C12H16BrN3O. The van der Waals surface area contributed by atoms with Crippen molar-refractivity contribution in [2.45, 2.75) is 31.7 Å². The molecule has 1 heterocycles. The summed E-state index contributed by atoms with van der Waals surface area (Å²) in [6.45, 7) is 0.765. The quantitative estimate of drug-likeness (QED) is 0.626. The lowest BCUT2D eigenvalue weighted by Crippen LogP contribution is -2.25. The van der Waals surface area contributed by atoms with Crippen molar-refractivity contribution >= 4 is 27.7 Å². The summed E-state index contributed by atoms with van der Waals surface area (Å²) >= 11 is 3.31. The van der Waals surface area contributed by atoms with E-state index in [4.69, 9.17) is 0 Å². The first-order valence-electron chi connectivity index (χ1n) is 5.90. The molecule has 0 atom stereocenters. The molecule has 92 valence electrons. The first-order valence-corrected chi connectivity index (χ1v) is 6.69. The summed E-state index contributed by atoms with van der Waals surface area (Å²) in [5.41, 5.74) is 0. The fraction of sp³-hybridized carbons (Fsp3) is 0.500. The number of halogens is 1. The highest BCUT2D eigenvalue weighted by Gasteiger charge is 2.22. The van der Waals surface area contributed by atoms with Gasteiger partial charge in [-0.2, -0.15) is 0 Å². The average Bonchev–Trinajstić information content (AvgIpc) is 3.08. The highest BCUT2D eigenvalue weighted by molar-refractivity contribution is 9.10. The van der Waals surface area contributed by atoms with E-state index < -0.39 is 0 Å². The third-order valence-electron chi connectivity index (χ3n) is 2.54. The molecule has 1 aliphatic carbocycles. The van der Waals surface area contributed by atoms with Crippen LogP contribution in [0.25, 0.3) is 0 Å². The number of anilines is 1. The van der Waals surface area contributed by atoms with E-state index in [2.05, 4.69) is 31.5 Å². The molecule has 1 aromatic rings. The van der Waals surface area contributed by atoms with Gasteiger partial charge in [-0.15, -0.1) is 0 Å². The maximum Gasteiger partial charge on any atom is 0.220 e. The predicted molar refractivity (Wildman–Crippen MR) is 70.8 cm³/mol. The van der Waals surface area contributed by atoms with Crippen molar-refractivity contribution in [3.8, 4) is 0 Å². The predicted octanol–water partition coefficient (Wildman–Crippen LogP) is 2.31. The third kappa shape index (κ3) is 4.73. The zero-order valence-corrected chi connectivity index (χ0v) is 11.2. The Kier molecular flexibility index (Phi) is 4.36. The molecule has 1 aromatic heterocycles. The molecule has 1 aliphatic rings. The number of nitrogens with zero attached hydrogens (tertiary/aromatic N) is 1.